The van der Waals surface area contributed by atoms with Crippen LogP contribution in [-0.4, -0.2) is 22.3 Å². The molecule has 1 heterocycles. The fourth-order valence-electron chi connectivity index (χ4n) is 2.03. The minimum absolute atomic E-state index is 0.0710. The zero-order chi connectivity index (χ0) is 17.7. The van der Waals surface area contributed by atoms with E-state index in [4.69, 9.17) is 11.6 Å². The largest absolute Gasteiger partial charge is 0.435 e. The van der Waals surface area contributed by atoms with Crippen LogP contribution >= 0.6 is 11.6 Å². The summed E-state index contributed by atoms with van der Waals surface area (Å²) in [7, 11) is 1.72. The van der Waals surface area contributed by atoms with Crippen LogP contribution in [-0.2, 0) is 18.4 Å². The smallest absolute Gasteiger partial charge is 0.387 e. The minimum Gasteiger partial charge on any atom is -0.435 e. The first kappa shape index (κ1) is 17.9. The number of hydrogen-bond donors (Lipinski definition) is 1. The second-order valence-corrected chi connectivity index (χ2v) is 5.35. The molecule has 0 radical (unpaired) electrons. The van der Waals surface area contributed by atoms with Crippen molar-refractivity contribution in [1.29, 1.82) is 0 Å². The van der Waals surface area contributed by atoms with Gasteiger partial charge < -0.3 is 10.1 Å². The van der Waals surface area contributed by atoms with E-state index < -0.39 is 6.61 Å². The van der Waals surface area contributed by atoms with Gasteiger partial charge in [-0.1, -0.05) is 23.7 Å². The molecule has 128 valence electrons. The monoisotopic (exact) mass is 355 g/mol. The lowest BCUT2D eigenvalue weighted by atomic mass is 10.2. The van der Waals surface area contributed by atoms with Gasteiger partial charge in [-0.05, 0) is 30.7 Å². The van der Waals surface area contributed by atoms with Crippen LogP contribution in [0.5, 0.6) is 5.75 Å². The van der Waals surface area contributed by atoms with E-state index in [9.17, 15) is 13.6 Å². The Balaban J connectivity index is 1.90. The molecule has 24 heavy (non-hydrogen) atoms. The number of rotatable bonds is 6. The number of halogens is 3. The van der Waals surface area contributed by atoms with E-state index in [1.807, 2.05) is 0 Å². The van der Waals surface area contributed by atoms with Gasteiger partial charge in [0.25, 0.3) is 0 Å². The van der Waals surface area contributed by atoms with E-state index in [2.05, 4.69) is 15.2 Å². The molecule has 1 amide bonds. The van der Waals surface area contributed by atoms with Crippen molar-refractivity contribution in [3.8, 4) is 5.75 Å². The fourth-order valence-corrected chi connectivity index (χ4v) is 2.27. The average molecular weight is 356 g/mol. The van der Waals surface area contributed by atoms with Gasteiger partial charge in [0, 0.05) is 25.2 Å². The van der Waals surface area contributed by atoms with E-state index in [0.717, 1.165) is 11.3 Å². The highest BCUT2D eigenvalue weighted by atomic mass is 35.5. The average Bonchev–Trinajstić information content (AvgIpc) is 2.77. The van der Waals surface area contributed by atoms with Crippen molar-refractivity contribution in [3.05, 3.63) is 52.3 Å². The maximum absolute atomic E-state index is 12.1. The Kier molecular flexibility index (Phi) is 5.92. The van der Waals surface area contributed by atoms with Gasteiger partial charge in [0.05, 0.1) is 5.69 Å². The highest BCUT2D eigenvalue weighted by molar-refractivity contribution is 6.31. The predicted molar refractivity (Wildman–Crippen MR) is 86.9 cm³/mol. The zero-order valence-electron chi connectivity index (χ0n) is 13.1. The second-order valence-electron chi connectivity index (χ2n) is 4.99. The Morgan fingerprint density at radius 3 is 2.62 bits per heavy atom. The highest BCUT2D eigenvalue weighted by Gasteiger charge is 2.08. The topological polar surface area (TPSA) is 56.2 Å². The lowest BCUT2D eigenvalue weighted by molar-refractivity contribution is -0.116. The number of carbonyl (C=O) groups excluding carboxylic acids is 1. The molecule has 0 spiro atoms. The molecule has 1 aromatic carbocycles. The van der Waals surface area contributed by atoms with Crippen molar-refractivity contribution < 1.29 is 18.3 Å². The molecule has 8 heteroatoms. The summed E-state index contributed by atoms with van der Waals surface area (Å²) < 4.78 is 29.9. The van der Waals surface area contributed by atoms with Crippen molar-refractivity contribution >= 4 is 23.6 Å². The van der Waals surface area contributed by atoms with Crippen molar-refractivity contribution in [2.45, 2.75) is 20.1 Å². The molecule has 5 nitrogen and oxygen atoms in total. The summed E-state index contributed by atoms with van der Waals surface area (Å²) in [6.45, 7) is -0.798. The maximum Gasteiger partial charge on any atom is 0.387 e. The number of amides is 1. The third-order valence-electron chi connectivity index (χ3n) is 3.21. The molecule has 0 saturated carbocycles. The summed E-state index contributed by atoms with van der Waals surface area (Å²) in [6.07, 6.45) is 2.96. The first-order chi connectivity index (χ1) is 11.4. The number of alkyl halides is 2. The van der Waals surface area contributed by atoms with Crippen LogP contribution in [0.1, 0.15) is 16.8 Å². The Morgan fingerprint density at radius 2 is 2.08 bits per heavy atom. The van der Waals surface area contributed by atoms with Crippen molar-refractivity contribution in [3.63, 3.8) is 0 Å². The third-order valence-corrected chi connectivity index (χ3v) is 3.66. The van der Waals surface area contributed by atoms with Crippen LogP contribution in [0.15, 0.2) is 30.3 Å². The highest BCUT2D eigenvalue weighted by Crippen LogP contribution is 2.20. The van der Waals surface area contributed by atoms with Gasteiger partial charge in [0.2, 0.25) is 5.91 Å². The zero-order valence-corrected chi connectivity index (χ0v) is 13.8. The number of ether oxygens (including phenoxy) is 1. The molecule has 2 aromatic rings. The van der Waals surface area contributed by atoms with E-state index in [-0.39, 0.29) is 18.2 Å². The standard InChI is InChI=1S/C16H16ClF2N3O2/c1-10-13(15(17)22(2)21-10)7-8-14(23)20-9-11-3-5-12(6-4-11)24-16(18)19/h3-8,16H,9H2,1-2H3,(H,20,23)/b8-7+. The minimum atomic E-state index is -2.86. The Morgan fingerprint density at radius 1 is 1.42 bits per heavy atom. The predicted octanol–water partition coefficient (Wildman–Crippen LogP) is 3.31. The number of carbonyl (C=O) groups is 1. The summed E-state index contributed by atoms with van der Waals surface area (Å²) in [5.41, 5.74) is 2.16. The van der Waals surface area contributed by atoms with Gasteiger partial charge in [-0.2, -0.15) is 13.9 Å². The van der Waals surface area contributed by atoms with Gasteiger partial charge in [0.1, 0.15) is 10.9 Å². The molecule has 0 atom stereocenters. The van der Waals surface area contributed by atoms with Crippen LogP contribution < -0.4 is 10.1 Å². The van der Waals surface area contributed by atoms with Crippen LogP contribution in [0.4, 0.5) is 8.78 Å². The van der Waals surface area contributed by atoms with Crippen molar-refractivity contribution in [2.24, 2.45) is 7.05 Å². The summed E-state index contributed by atoms with van der Waals surface area (Å²) in [5, 5.41) is 7.29. The molecular formula is C16H16ClF2N3O2. The SMILES string of the molecule is Cc1nn(C)c(Cl)c1/C=C/C(=O)NCc1ccc(OC(F)F)cc1. The first-order valence-electron chi connectivity index (χ1n) is 7.05. The van der Waals surface area contributed by atoms with Crippen LogP contribution in [0, 0.1) is 6.92 Å². The number of aromatic nitrogens is 2. The molecule has 0 saturated heterocycles. The quantitative estimate of drug-likeness (QED) is 0.809. The number of benzene rings is 1. The summed E-state index contributed by atoms with van der Waals surface area (Å²) in [6, 6.07) is 6.04. The lowest BCUT2D eigenvalue weighted by Gasteiger charge is -2.06. The number of nitrogens with one attached hydrogen (secondary N) is 1. The number of aryl methyl sites for hydroxylation is 2. The second kappa shape index (κ2) is 7.92. The Labute approximate surface area is 142 Å². The Bertz CT molecular complexity index is 743. The summed E-state index contributed by atoms with van der Waals surface area (Å²) in [5.74, 6) is -0.233. The van der Waals surface area contributed by atoms with E-state index in [0.29, 0.717) is 10.7 Å². The molecule has 0 bridgehead atoms. The molecule has 0 unspecified atom stereocenters. The third kappa shape index (κ3) is 4.79. The van der Waals surface area contributed by atoms with Gasteiger partial charge in [0.15, 0.2) is 0 Å². The fraction of sp³-hybridized carbons (Fsp3) is 0.250. The maximum atomic E-state index is 12.1. The molecular weight excluding hydrogens is 340 g/mol. The molecule has 1 N–H and O–H groups in total. The molecule has 0 aliphatic carbocycles. The van der Waals surface area contributed by atoms with Crippen molar-refractivity contribution in [2.75, 3.05) is 0 Å². The van der Waals surface area contributed by atoms with Gasteiger partial charge >= 0.3 is 6.61 Å². The summed E-state index contributed by atoms with van der Waals surface area (Å²) >= 11 is 6.07. The normalized spacial score (nSPS) is 11.2. The van der Waals surface area contributed by atoms with E-state index in [1.54, 1.807) is 32.2 Å². The number of nitrogens with zero attached hydrogens (tertiary/aromatic N) is 2. The van der Waals surface area contributed by atoms with Crippen LogP contribution in [0.2, 0.25) is 5.15 Å². The van der Waals surface area contributed by atoms with E-state index in [1.165, 1.54) is 22.9 Å². The summed E-state index contributed by atoms with van der Waals surface area (Å²) in [4.78, 5) is 11.8. The van der Waals surface area contributed by atoms with Crippen molar-refractivity contribution in [1.82, 2.24) is 15.1 Å². The van der Waals surface area contributed by atoms with Gasteiger partial charge in [-0.3, -0.25) is 9.48 Å². The van der Waals surface area contributed by atoms with Crippen LogP contribution in [0.25, 0.3) is 6.08 Å². The molecule has 2 rings (SSSR count). The van der Waals surface area contributed by atoms with Crippen LogP contribution in [0.3, 0.4) is 0 Å². The van der Waals surface area contributed by atoms with Gasteiger partial charge in [-0.15, -0.1) is 0 Å². The molecule has 0 fully saturated rings. The molecule has 0 aliphatic heterocycles. The number of hydrogen-bond acceptors (Lipinski definition) is 3. The molecule has 0 aliphatic rings. The molecule has 1 aromatic heterocycles. The van der Waals surface area contributed by atoms with Gasteiger partial charge in [-0.25, -0.2) is 0 Å². The first-order valence-corrected chi connectivity index (χ1v) is 7.43. The van der Waals surface area contributed by atoms with E-state index >= 15 is 0 Å². The Hall–Kier alpha value is -2.41. The lowest BCUT2D eigenvalue weighted by Crippen LogP contribution is -2.20.